The molecule has 1 N–H and O–H groups in total. The predicted octanol–water partition coefficient (Wildman–Crippen LogP) is -0.474. The summed E-state index contributed by atoms with van der Waals surface area (Å²) in [5.74, 6) is -0.944. The van der Waals surface area contributed by atoms with Gasteiger partial charge >= 0.3 is 5.97 Å². The van der Waals surface area contributed by atoms with Gasteiger partial charge in [-0.3, -0.25) is 9.63 Å². The molecule has 0 aromatic heterocycles. The number of hydrogen-bond acceptors (Lipinski definition) is 6. The smallest absolute Gasteiger partial charge is 0.330 e. The highest BCUT2D eigenvalue weighted by Crippen LogP contribution is 1.99. The van der Waals surface area contributed by atoms with E-state index in [1.54, 1.807) is 0 Å². The second-order valence-electron chi connectivity index (χ2n) is 3.25. The topological polar surface area (TPSA) is 83.1 Å². The molecule has 7 heteroatoms. The quantitative estimate of drug-likeness (QED) is 0.387. The third-order valence-corrected chi connectivity index (χ3v) is 1.85. The lowest BCUT2D eigenvalue weighted by Crippen LogP contribution is -2.38. The zero-order valence-electron chi connectivity index (χ0n) is 9.35. The third kappa shape index (κ3) is 6.00. The Morgan fingerprint density at radius 2 is 2.12 bits per heavy atom. The van der Waals surface area contributed by atoms with E-state index >= 15 is 0 Å². The maximum absolute atomic E-state index is 11.2. The summed E-state index contributed by atoms with van der Waals surface area (Å²) in [6.07, 6.45) is 0.738. The molecular weight excluding hydrogens is 230 g/mol. The van der Waals surface area contributed by atoms with Crippen LogP contribution in [0.15, 0.2) is 12.7 Å². The molecule has 1 rings (SSSR count). The van der Waals surface area contributed by atoms with Gasteiger partial charge < -0.3 is 14.2 Å². The van der Waals surface area contributed by atoms with Crippen LogP contribution in [0.3, 0.4) is 0 Å². The minimum atomic E-state index is -0.562. The van der Waals surface area contributed by atoms with Gasteiger partial charge in [0.05, 0.1) is 19.6 Å². The van der Waals surface area contributed by atoms with Gasteiger partial charge in [0.2, 0.25) is 5.91 Å². The van der Waals surface area contributed by atoms with Crippen LogP contribution in [0.2, 0.25) is 0 Å². The molecule has 0 aromatic rings. The van der Waals surface area contributed by atoms with Crippen molar-refractivity contribution in [1.82, 2.24) is 5.48 Å². The van der Waals surface area contributed by atoms with Gasteiger partial charge in [0, 0.05) is 6.08 Å². The first-order valence-corrected chi connectivity index (χ1v) is 5.11. The molecule has 1 saturated heterocycles. The van der Waals surface area contributed by atoms with Crippen LogP contribution in [-0.4, -0.2) is 44.6 Å². The van der Waals surface area contributed by atoms with Crippen molar-refractivity contribution < 1.29 is 28.6 Å². The zero-order valence-corrected chi connectivity index (χ0v) is 9.35. The molecule has 0 aromatic carbocycles. The van der Waals surface area contributed by atoms with Crippen molar-refractivity contribution in [2.45, 2.75) is 12.5 Å². The Hall–Kier alpha value is -1.44. The summed E-state index contributed by atoms with van der Waals surface area (Å²) in [5.41, 5.74) is 2.23. The Morgan fingerprint density at radius 1 is 1.41 bits per heavy atom. The van der Waals surface area contributed by atoms with E-state index in [0.717, 1.165) is 6.08 Å². The number of carbonyl (C=O) groups excluding carboxylic acids is 2. The van der Waals surface area contributed by atoms with Crippen LogP contribution in [0.4, 0.5) is 0 Å². The number of hydrogen-bond donors (Lipinski definition) is 1. The van der Waals surface area contributed by atoms with Crippen molar-refractivity contribution in [3.8, 4) is 0 Å². The Morgan fingerprint density at radius 3 is 2.76 bits per heavy atom. The molecule has 0 aliphatic carbocycles. The zero-order chi connectivity index (χ0) is 12.5. The van der Waals surface area contributed by atoms with E-state index in [0.29, 0.717) is 13.2 Å². The number of amides is 1. The Balaban J connectivity index is 2.04. The largest absolute Gasteiger partial charge is 0.462 e. The maximum Gasteiger partial charge on any atom is 0.330 e. The second-order valence-corrected chi connectivity index (χ2v) is 3.25. The number of ether oxygens (including phenoxy) is 3. The van der Waals surface area contributed by atoms with Crippen LogP contribution in [0.1, 0.15) is 6.42 Å². The van der Waals surface area contributed by atoms with Crippen molar-refractivity contribution >= 4 is 11.9 Å². The highest BCUT2D eigenvalue weighted by molar-refractivity contribution is 5.81. The summed E-state index contributed by atoms with van der Waals surface area (Å²) in [7, 11) is 0. The monoisotopic (exact) mass is 245 g/mol. The Bertz CT molecular complexity index is 274. The van der Waals surface area contributed by atoms with E-state index in [2.05, 4.69) is 16.8 Å². The van der Waals surface area contributed by atoms with Crippen LogP contribution < -0.4 is 5.48 Å². The summed E-state index contributed by atoms with van der Waals surface area (Å²) in [5, 5.41) is 0. The molecule has 0 spiro atoms. The first-order valence-electron chi connectivity index (χ1n) is 5.11. The van der Waals surface area contributed by atoms with E-state index in [-0.39, 0.29) is 31.8 Å². The molecule has 7 nitrogen and oxygen atoms in total. The Kier molecular flexibility index (Phi) is 6.23. The molecule has 1 heterocycles. The molecule has 0 radical (unpaired) electrons. The molecule has 0 saturated carbocycles. The minimum Gasteiger partial charge on any atom is -0.462 e. The molecule has 0 unspecified atom stereocenters. The van der Waals surface area contributed by atoms with Crippen molar-refractivity contribution in [1.29, 1.82) is 0 Å². The predicted molar refractivity (Wildman–Crippen MR) is 55.6 cm³/mol. The van der Waals surface area contributed by atoms with Gasteiger partial charge in [0.1, 0.15) is 19.5 Å². The summed E-state index contributed by atoms with van der Waals surface area (Å²) in [6, 6.07) is 0. The highest BCUT2D eigenvalue weighted by Gasteiger charge is 2.16. The fraction of sp³-hybridized carbons (Fsp3) is 0.600. The number of rotatable bonds is 6. The summed E-state index contributed by atoms with van der Waals surface area (Å²) >= 11 is 0. The third-order valence-electron chi connectivity index (χ3n) is 1.85. The first kappa shape index (κ1) is 13.6. The molecular formula is C10H15NO6. The molecule has 96 valence electrons. The average Bonchev–Trinajstić information content (AvgIpc) is 2.37. The van der Waals surface area contributed by atoms with E-state index in [1.165, 1.54) is 0 Å². The van der Waals surface area contributed by atoms with E-state index in [9.17, 15) is 9.59 Å². The molecule has 1 fully saturated rings. The van der Waals surface area contributed by atoms with Crippen LogP contribution in [0.25, 0.3) is 0 Å². The molecule has 1 aliphatic rings. The van der Waals surface area contributed by atoms with Gasteiger partial charge in [-0.15, -0.1) is 0 Å². The van der Waals surface area contributed by atoms with E-state index < -0.39 is 5.97 Å². The van der Waals surface area contributed by atoms with E-state index in [4.69, 9.17) is 14.3 Å². The number of carbonyl (C=O) groups is 2. The standard InChI is InChI=1S/C10H15NO6/c1-2-10(13)16-4-3-9(12)11-17-8-5-14-7-15-6-8/h2,8H,1,3-7H2,(H,11,12). The fourth-order valence-electron chi connectivity index (χ4n) is 1.04. The number of esters is 1. The van der Waals surface area contributed by atoms with Gasteiger partial charge in [0.15, 0.2) is 0 Å². The summed E-state index contributed by atoms with van der Waals surface area (Å²) < 4.78 is 14.6. The van der Waals surface area contributed by atoms with Gasteiger partial charge in [-0.05, 0) is 0 Å². The van der Waals surface area contributed by atoms with Crippen molar-refractivity contribution in [2.75, 3.05) is 26.6 Å². The van der Waals surface area contributed by atoms with E-state index in [1.807, 2.05) is 0 Å². The number of hydroxylamine groups is 1. The minimum absolute atomic E-state index is 0.0162. The van der Waals surface area contributed by atoms with Crippen LogP contribution in [0, 0.1) is 0 Å². The van der Waals surface area contributed by atoms with Gasteiger partial charge in [-0.2, -0.15) is 0 Å². The van der Waals surface area contributed by atoms with Gasteiger partial charge in [0.25, 0.3) is 0 Å². The molecule has 0 bridgehead atoms. The fourth-order valence-corrected chi connectivity index (χ4v) is 1.04. The molecule has 0 atom stereocenters. The highest BCUT2D eigenvalue weighted by atomic mass is 16.7. The lowest BCUT2D eigenvalue weighted by Gasteiger charge is -2.22. The lowest BCUT2D eigenvalue weighted by atomic mass is 10.4. The first-order chi connectivity index (χ1) is 8.22. The molecule has 1 aliphatic heterocycles. The second kappa shape index (κ2) is 7.77. The van der Waals surface area contributed by atoms with Crippen molar-refractivity contribution in [3.63, 3.8) is 0 Å². The van der Waals surface area contributed by atoms with Gasteiger partial charge in [-0.1, -0.05) is 6.58 Å². The van der Waals surface area contributed by atoms with Gasteiger partial charge in [-0.25, -0.2) is 10.3 Å². The normalized spacial score (nSPS) is 16.2. The number of nitrogens with one attached hydrogen (secondary N) is 1. The molecule has 1 amide bonds. The SMILES string of the molecule is C=CC(=O)OCCC(=O)NOC1COCOC1. The maximum atomic E-state index is 11.2. The summed E-state index contributed by atoms with van der Waals surface area (Å²) in [4.78, 5) is 26.9. The van der Waals surface area contributed by atoms with Crippen molar-refractivity contribution in [3.05, 3.63) is 12.7 Å². The van der Waals surface area contributed by atoms with Crippen LogP contribution in [0.5, 0.6) is 0 Å². The average molecular weight is 245 g/mol. The lowest BCUT2D eigenvalue weighted by molar-refractivity contribution is -0.189. The summed E-state index contributed by atoms with van der Waals surface area (Å²) in [6.45, 7) is 4.19. The Labute approximate surface area is 98.6 Å². The van der Waals surface area contributed by atoms with Crippen molar-refractivity contribution in [2.24, 2.45) is 0 Å². The van der Waals surface area contributed by atoms with Crippen LogP contribution in [-0.2, 0) is 28.6 Å². The molecule has 17 heavy (non-hydrogen) atoms. The van der Waals surface area contributed by atoms with Crippen LogP contribution >= 0.6 is 0 Å².